The normalized spacial score (nSPS) is 11.1. The maximum atomic E-state index is 11.7. The first-order valence-corrected chi connectivity index (χ1v) is 9.54. The molecular weight excluding hydrogens is 376 g/mol. The van der Waals surface area contributed by atoms with Crippen molar-refractivity contribution in [2.24, 2.45) is 0 Å². The van der Waals surface area contributed by atoms with E-state index in [-0.39, 0.29) is 5.56 Å². The van der Waals surface area contributed by atoms with Crippen molar-refractivity contribution in [1.82, 2.24) is 19.9 Å². The van der Waals surface area contributed by atoms with Crippen molar-refractivity contribution in [3.63, 3.8) is 0 Å². The highest BCUT2D eigenvalue weighted by Gasteiger charge is 2.19. The minimum atomic E-state index is -0.952. The number of imidazole rings is 1. The van der Waals surface area contributed by atoms with E-state index < -0.39 is 5.97 Å². The number of hydrogen-bond donors (Lipinski definition) is 3. The number of pyridine rings is 1. The summed E-state index contributed by atoms with van der Waals surface area (Å²) >= 11 is 0. The van der Waals surface area contributed by atoms with Gasteiger partial charge in [0.15, 0.2) is 0 Å². The Kier molecular flexibility index (Phi) is 4.17. The van der Waals surface area contributed by atoms with Crippen molar-refractivity contribution in [2.45, 2.75) is 6.92 Å². The van der Waals surface area contributed by atoms with E-state index in [1.165, 1.54) is 0 Å². The van der Waals surface area contributed by atoms with E-state index in [2.05, 4.69) is 15.0 Å². The van der Waals surface area contributed by atoms with Gasteiger partial charge in [0, 0.05) is 34.5 Å². The lowest BCUT2D eigenvalue weighted by atomic mass is 9.99. The van der Waals surface area contributed by atoms with Gasteiger partial charge in [0.1, 0.15) is 11.5 Å². The van der Waals surface area contributed by atoms with Crippen LogP contribution in [-0.2, 0) is 0 Å². The van der Waals surface area contributed by atoms with Crippen LogP contribution in [0.2, 0.25) is 0 Å². The Morgan fingerprint density at radius 3 is 2.63 bits per heavy atom. The number of nitrogens with one attached hydrogen (secondary N) is 2. The zero-order valence-corrected chi connectivity index (χ0v) is 16.2. The predicted octanol–water partition coefficient (Wildman–Crippen LogP) is 5.29. The molecule has 3 aromatic heterocycles. The third kappa shape index (κ3) is 2.95. The fourth-order valence-electron chi connectivity index (χ4n) is 3.69. The Bertz CT molecular complexity index is 1380. The quantitative estimate of drug-likeness (QED) is 0.386. The van der Waals surface area contributed by atoms with Gasteiger partial charge >= 0.3 is 5.97 Å². The molecule has 6 heteroatoms. The van der Waals surface area contributed by atoms with Gasteiger partial charge < -0.3 is 15.1 Å². The standard InChI is InChI=1S/C24H18N4O2/c1-14-7-8-16(13-19(14)24(29)30)20-21(17-9-11-25-23-18(17)10-12-26-23)28-22(27-20)15-5-3-2-4-6-15/h2-13H,1H3,(H,25,26)(H,27,28)(H,29,30). The minimum absolute atomic E-state index is 0.268. The number of fused-ring (bicyclic) bond motifs is 1. The van der Waals surface area contributed by atoms with Crippen molar-refractivity contribution in [3.05, 3.63) is 84.2 Å². The van der Waals surface area contributed by atoms with Gasteiger partial charge in [-0.2, -0.15) is 0 Å². The fraction of sp³-hybridized carbons (Fsp3) is 0.0417. The summed E-state index contributed by atoms with van der Waals surface area (Å²) < 4.78 is 0. The summed E-state index contributed by atoms with van der Waals surface area (Å²) in [6.07, 6.45) is 3.60. The van der Waals surface area contributed by atoms with Crippen molar-refractivity contribution >= 4 is 17.0 Å². The molecule has 0 saturated heterocycles. The summed E-state index contributed by atoms with van der Waals surface area (Å²) in [5.41, 5.74) is 5.92. The molecule has 30 heavy (non-hydrogen) atoms. The zero-order chi connectivity index (χ0) is 20.7. The Morgan fingerprint density at radius 2 is 1.83 bits per heavy atom. The summed E-state index contributed by atoms with van der Waals surface area (Å²) in [5.74, 6) is -0.231. The average Bonchev–Trinajstić information content (AvgIpc) is 3.42. The molecule has 0 spiro atoms. The van der Waals surface area contributed by atoms with Crippen LogP contribution in [0.3, 0.4) is 0 Å². The van der Waals surface area contributed by atoms with E-state index in [0.717, 1.165) is 39.2 Å². The molecule has 0 fully saturated rings. The van der Waals surface area contributed by atoms with E-state index in [9.17, 15) is 9.90 Å². The smallest absolute Gasteiger partial charge is 0.335 e. The largest absolute Gasteiger partial charge is 0.478 e. The minimum Gasteiger partial charge on any atom is -0.478 e. The molecule has 146 valence electrons. The third-order valence-electron chi connectivity index (χ3n) is 5.22. The number of carboxylic acid groups (broad SMARTS) is 1. The second-order valence-corrected chi connectivity index (χ2v) is 7.11. The van der Waals surface area contributed by atoms with Crippen LogP contribution in [0, 0.1) is 6.92 Å². The van der Waals surface area contributed by atoms with Crippen molar-refractivity contribution in [2.75, 3.05) is 0 Å². The number of carboxylic acids is 1. The van der Waals surface area contributed by atoms with Crippen LogP contribution in [-0.4, -0.2) is 31.0 Å². The first-order chi connectivity index (χ1) is 14.6. The highest BCUT2D eigenvalue weighted by atomic mass is 16.4. The highest BCUT2D eigenvalue weighted by molar-refractivity contribution is 5.97. The Morgan fingerprint density at radius 1 is 1.00 bits per heavy atom. The number of rotatable bonds is 4. The number of aromatic carboxylic acids is 1. The van der Waals surface area contributed by atoms with Crippen molar-refractivity contribution in [3.8, 4) is 33.9 Å². The number of H-pyrrole nitrogens is 2. The lowest BCUT2D eigenvalue weighted by Gasteiger charge is -2.07. The van der Waals surface area contributed by atoms with Crippen LogP contribution in [0.1, 0.15) is 15.9 Å². The topological polar surface area (TPSA) is 94.7 Å². The predicted molar refractivity (Wildman–Crippen MR) is 116 cm³/mol. The van der Waals surface area contributed by atoms with Crippen LogP contribution < -0.4 is 0 Å². The van der Waals surface area contributed by atoms with Crippen LogP contribution in [0.5, 0.6) is 0 Å². The second kappa shape index (κ2) is 7.00. The molecule has 5 aromatic rings. The molecule has 0 aliphatic carbocycles. The summed E-state index contributed by atoms with van der Waals surface area (Å²) in [4.78, 5) is 27.5. The molecule has 0 saturated carbocycles. The molecular formula is C24H18N4O2. The molecule has 5 rings (SSSR count). The van der Waals surface area contributed by atoms with E-state index >= 15 is 0 Å². The number of hydrogen-bond acceptors (Lipinski definition) is 3. The summed E-state index contributed by atoms with van der Waals surface area (Å²) in [6.45, 7) is 1.79. The van der Waals surface area contributed by atoms with Gasteiger partial charge in [0.25, 0.3) is 0 Å². The lowest BCUT2D eigenvalue weighted by Crippen LogP contribution is -2.00. The number of carbonyl (C=O) groups is 1. The van der Waals surface area contributed by atoms with Gasteiger partial charge in [0.05, 0.1) is 17.0 Å². The van der Waals surface area contributed by atoms with Crippen molar-refractivity contribution < 1.29 is 9.90 Å². The molecule has 0 aliphatic rings. The molecule has 0 aliphatic heterocycles. The molecule has 3 heterocycles. The molecule has 6 nitrogen and oxygen atoms in total. The van der Waals surface area contributed by atoms with Crippen LogP contribution in [0.4, 0.5) is 0 Å². The average molecular weight is 394 g/mol. The number of benzene rings is 2. The molecule has 0 unspecified atom stereocenters. The van der Waals surface area contributed by atoms with Gasteiger partial charge in [-0.25, -0.2) is 14.8 Å². The van der Waals surface area contributed by atoms with Crippen LogP contribution in [0.15, 0.2) is 73.1 Å². The van der Waals surface area contributed by atoms with Gasteiger partial charge in [-0.05, 0) is 30.7 Å². The van der Waals surface area contributed by atoms with E-state index in [1.807, 2.05) is 60.8 Å². The Labute approximate surface area is 172 Å². The first-order valence-electron chi connectivity index (χ1n) is 9.54. The second-order valence-electron chi connectivity index (χ2n) is 7.11. The fourth-order valence-corrected chi connectivity index (χ4v) is 3.69. The first kappa shape index (κ1) is 17.9. The molecule has 0 bridgehead atoms. The highest BCUT2D eigenvalue weighted by Crippen LogP contribution is 2.36. The summed E-state index contributed by atoms with van der Waals surface area (Å²) in [7, 11) is 0. The Balaban J connectivity index is 1.78. The number of aromatic nitrogens is 4. The number of aryl methyl sites for hydroxylation is 1. The summed E-state index contributed by atoms with van der Waals surface area (Å²) in [5, 5.41) is 10.5. The lowest BCUT2D eigenvalue weighted by molar-refractivity contribution is 0.0696. The monoisotopic (exact) mass is 394 g/mol. The van der Waals surface area contributed by atoms with E-state index in [0.29, 0.717) is 11.3 Å². The van der Waals surface area contributed by atoms with Gasteiger partial charge in [-0.3, -0.25) is 0 Å². The molecule has 0 atom stereocenters. The van der Waals surface area contributed by atoms with Gasteiger partial charge in [-0.1, -0.05) is 42.5 Å². The van der Waals surface area contributed by atoms with E-state index in [4.69, 9.17) is 4.98 Å². The maximum Gasteiger partial charge on any atom is 0.335 e. The SMILES string of the molecule is Cc1ccc(-c2nc(-c3ccccc3)[nH]c2-c2ccnc3[nH]ccc23)cc1C(=O)O. The van der Waals surface area contributed by atoms with Gasteiger partial charge in [-0.15, -0.1) is 0 Å². The molecule has 3 N–H and O–H groups in total. The van der Waals surface area contributed by atoms with Crippen molar-refractivity contribution in [1.29, 1.82) is 0 Å². The zero-order valence-electron chi connectivity index (χ0n) is 16.2. The van der Waals surface area contributed by atoms with Crippen LogP contribution in [0.25, 0.3) is 44.9 Å². The molecule has 0 radical (unpaired) electrons. The molecule has 0 amide bonds. The van der Waals surface area contributed by atoms with Crippen LogP contribution >= 0.6 is 0 Å². The number of aromatic amines is 2. The molecule has 2 aromatic carbocycles. The Hall–Kier alpha value is -4.19. The maximum absolute atomic E-state index is 11.7. The third-order valence-corrected chi connectivity index (χ3v) is 5.22. The van der Waals surface area contributed by atoms with Gasteiger partial charge in [0.2, 0.25) is 0 Å². The number of nitrogens with zero attached hydrogens (tertiary/aromatic N) is 2. The van der Waals surface area contributed by atoms with E-state index in [1.54, 1.807) is 19.2 Å². The summed E-state index contributed by atoms with van der Waals surface area (Å²) in [6, 6.07) is 19.2.